The van der Waals surface area contributed by atoms with Crippen molar-refractivity contribution in [1.29, 1.82) is 0 Å². The van der Waals surface area contributed by atoms with Crippen LogP contribution in [0.5, 0.6) is 0 Å². The van der Waals surface area contributed by atoms with E-state index in [1.807, 2.05) is 0 Å². The quantitative estimate of drug-likeness (QED) is 0.893. The SMILES string of the molecule is CCNC(=O)CNc1cc(C(F)(F)F)ccc1Br. The van der Waals surface area contributed by atoms with Crippen LogP contribution in [0, 0.1) is 0 Å². The molecule has 0 fully saturated rings. The van der Waals surface area contributed by atoms with Crippen molar-refractivity contribution < 1.29 is 18.0 Å². The Bertz CT molecular complexity index is 435. The summed E-state index contributed by atoms with van der Waals surface area (Å²) in [5.41, 5.74) is -0.528. The first-order valence-electron chi connectivity index (χ1n) is 5.22. The van der Waals surface area contributed by atoms with Gasteiger partial charge in [0.25, 0.3) is 0 Å². The second kappa shape index (κ2) is 6.08. The maximum absolute atomic E-state index is 12.5. The van der Waals surface area contributed by atoms with E-state index in [4.69, 9.17) is 0 Å². The summed E-state index contributed by atoms with van der Waals surface area (Å²) in [4.78, 5) is 11.2. The van der Waals surface area contributed by atoms with Crippen LogP contribution in [0.3, 0.4) is 0 Å². The van der Waals surface area contributed by atoms with E-state index in [2.05, 4.69) is 26.6 Å². The number of alkyl halides is 3. The molecule has 1 amide bonds. The lowest BCUT2D eigenvalue weighted by atomic mass is 10.2. The molecule has 0 saturated heterocycles. The van der Waals surface area contributed by atoms with Crippen LogP contribution in [0.2, 0.25) is 0 Å². The first-order chi connectivity index (χ1) is 8.34. The normalized spacial score (nSPS) is 11.2. The van der Waals surface area contributed by atoms with Crippen molar-refractivity contribution in [3.05, 3.63) is 28.2 Å². The molecule has 2 N–H and O–H groups in total. The zero-order chi connectivity index (χ0) is 13.8. The Labute approximate surface area is 111 Å². The standard InChI is InChI=1S/C11H12BrF3N2O/c1-2-16-10(18)6-17-9-5-7(11(13,14)15)3-4-8(9)12/h3-5,17H,2,6H2,1H3,(H,16,18). The number of hydrogen-bond acceptors (Lipinski definition) is 2. The van der Waals surface area contributed by atoms with Gasteiger partial charge < -0.3 is 10.6 Å². The lowest BCUT2D eigenvalue weighted by Crippen LogP contribution is -2.29. The van der Waals surface area contributed by atoms with E-state index in [9.17, 15) is 18.0 Å². The van der Waals surface area contributed by atoms with E-state index in [1.165, 1.54) is 6.07 Å². The molecule has 1 rings (SSSR count). The number of carbonyl (C=O) groups excluding carboxylic acids is 1. The van der Waals surface area contributed by atoms with Crippen LogP contribution in [0.1, 0.15) is 12.5 Å². The smallest absolute Gasteiger partial charge is 0.375 e. The highest BCUT2D eigenvalue weighted by Crippen LogP contribution is 2.33. The summed E-state index contributed by atoms with van der Waals surface area (Å²) in [5, 5.41) is 5.19. The van der Waals surface area contributed by atoms with Gasteiger partial charge in [-0.1, -0.05) is 0 Å². The minimum absolute atomic E-state index is 0.0756. The minimum atomic E-state index is -4.40. The van der Waals surface area contributed by atoms with E-state index in [0.29, 0.717) is 11.0 Å². The molecule has 3 nitrogen and oxygen atoms in total. The predicted octanol–water partition coefficient (Wildman–Crippen LogP) is 3.02. The highest BCUT2D eigenvalue weighted by molar-refractivity contribution is 9.10. The molecule has 0 radical (unpaired) electrons. The average molecular weight is 325 g/mol. The molecule has 0 aromatic heterocycles. The number of halogens is 4. The first-order valence-corrected chi connectivity index (χ1v) is 6.01. The third-order valence-electron chi connectivity index (χ3n) is 2.11. The van der Waals surface area contributed by atoms with Gasteiger partial charge in [0.1, 0.15) is 0 Å². The number of hydrogen-bond donors (Lipinski definition) is 2. The van der Waals surface area contributed by atoms with E-state index in [0.717, 1.165) is 12.1 Å². The van der Waals surface area contributed by atoms with Crippen LogP contribution in [0.15, 0.2) is 22.7 Å². The lowest BCUT2D eigenvalue weighted by Gasteiger charge is -2.12. The fraction of sp³-hybridized carbons (Fsp3) is 0.364. The largest absolute Gasteiger partial charge is 0.416 e. The van der Waals surface area contributed by atoms with Gasteiger partial charge >= 0.3 is 6.18 Å². The van der Waals surface area contributed by atoms with Gasteiger partial charge in [0, 0.05) is 16.7 Å². The molecule has 1 aromatic rings. The molecule has 18 heavy (non-hydrogen) atoms. The number of nitrogens with one attached hydrogen (secondary N) is 2. The molecule has 0 unspecified atom stereocenters. The second-order valence-corrected chi connectivity index (χ2v) is 4.35. The summed E-state index contributed by atoms with van der Waals surface area (Å²) in [7, 11) is 0. The molecule has 0 spiro atoms. The highest BCUT2D eigenvalue weighted by Gasteiger charge is 2.30. The van der Waals surface area contributed by atoms with Gasteiger partial charge in [-0.25, -0.2) is 0 Å². The molecule has 0 bridgehead atoms. The van der Waals surface area contributed by atoms with Gasteiger partial charge in [0.2, 0.25) is 5.91 Å². The van der Waals surface area contributed by atoms with Crippen molar-refractivity contribution in [2.75, 3.05) is 18.4 Å². The van der Waals surface area contributed by atoms with Crippen LogP contribution >= 0.6 is 15.9 Å². The Kier molecular flexibility index (Phi) is 5.01. The Morgan fingerprint density at radius 3 is 2.61 bits per heavy atom. The van der Waals surface area contributed by atoms with Crippen molar-refractivity contribution in [3.8, 4) is 0 Å². The summed E-state index contributed by atoms with van der Waals surface area (Å²) in [6.07, 6.45) is -4.40. The third kappa shape index (κ3) is 4.21. The molecule has 0 saturated carbocycles. The van der Waals surface area contributed by atoms with Crippen molar-refractivity contribution in [2.45, 2.75) is 13.1 Å². The molecule has 0 atom stereocenters. The van der Waals surface area contributed by atoms with Crippen LogP contribution in [-0.2, 0) is 11.0 Å². The lowest BCUT2D eigenvalue weighted by molar-refractivity contribution is -0.137. The Balaban J connectivity index is 2.79. The zero-order valence-electron chi connectivity index (χ0n) is 9.57. The summed E-state index contributed by atoms with van der Waals surface area (Å²) in [6, 6.07) is 3.23. The predicted molar refractivity (Wildman–Crippen MR) is 66.3 cm³/mol. The molecule has 100 valence electrons. The average Bonchev–Trinajstić information content (AvgIpc) is 2.26. The van der Waals surface area contributed by atoms with Crippen molar-refractivity contribution >= 4 is 27.5 Å². The molecule has 0 heterocycles. The number of benzene rings is 1. The topological polar surface area (TPSA) is 41.1 Å². The third-order valence-corrected chi connectivity index (χ3v) is 2.80. The number of rotatable bonds is 4. The maximum atomic E-state index is 12.5. The Morgan fingerprint density at radius 2 is 2.06 bits per heavy atom. The number of likely N-dealkylation sites (N-methyl/N-ethyl adjacent to an activating group) is 1. The van der Waals surface area contributed by atoms with E-state index >= 15 is 0 Å². The van der Waals surface area contributed by atoms with Gasteiger partial charge in [0.05, 0.1) is 12.1 Å². The van der Waals surface area contributed by atoms with Crippen LogP contribution in [0.25, 0.3) is 0 Å². The van der Waals surface area contributed by atoms with Crippen molar-refractivity contribution in [3.63, 3.8) is 0 Å². The summed E-state index contributed by atoms with van der Waals surface area (Å²) < 4.78 is 38.0. The molecule has 0 aliphatic carbocycles. The molecule has 0 aliphatic rings. The van der Waals surface area contributed by atoms with Crippen LogP contribution in [-0.4, -0.2) is 19.0 Å². The van der Waals surface area contributed by atoms with Gasteiger partial charge in [-0.2, -0.15) is 13.2 Å². The number of amides is 1. The summed E-state index contributed by atoms with van der Waals surface area (Å²) >= 11 is 3.12. The summed E-state index contributed by atoms with van der Waals surface area (Å²) in [6.45, 7) is 2.16. The molecule has 7 heteroatoms. The molecular formula is C11H12BrF3N2O. The van der Waals surface area contributed by atoms with Crippen LogP contribution in [0.4, 0.5) is 18.9 Å². The highest BCUT2D eigenvalue weighted by atomic mass is 79.9. The van der Waals surface area contributed by atoms with Gasteiger partial charge in [-0.15, -0.1) is 0 Å². The van der Waals surface area contributed by atoms with E-state index < -0.39 is 11.7 Å². The van der Waals surface area contributed by atoms with Gasteiger partial charge in [0.15, 0.2) is 0 Å². The van der Waals surface area contributed by atoms with E-state index in [-0.39, 0.29) is 18.1 Å². The molecular weight excluding hydrogens is 313 g/mol. The number of carbonyl (C=O) groups is 1. The number of anilines is 1. The Hall–Kier alpha value is -1.24. The van der Waals surface area contributed by atoms with Gasteiger partial charge in [-0.05, 0) is 41.1 Å². The monoisotopic (exact) mass is 324 g/mol. The van der Waals surface area contributed by atoms with E-state index in [1.54, 1.807) is 6.92 Å². The Morgan fingerprint density at radius 1 is 1.39 bits per heavy atom. The maximum Gasteiger partial charge on any atom is 0.416 e. The van der Waals surface area contributed by atoms with Gasteiger partial charge in [-0.3, -0.25) is 4.79 Å². The first kappa shape index (κ1) is 14.8. The fourth-order valence-corrected chi connectivity index (χ4v) is 1.66. The fourth-order valence-electron chi connectivity index (χ4n) is 1.27. The second-order valence-electron chi connectivity index (χ2n) is 3.50. The van der Waals surface area contributed by atoms with Crippen molar-refractivity contribution in [1.82, 2.24) is 5.32 Å². The minimum Gasteiger partial charge on any atom is -0.375 e. The zero-order valence-corrected chi connectivity index (χ0v) is 11.2. The summed E-state index contributed by atoms with van der Waals surface area (Å²) in [5.74, 6) is -0.276. The molecule has 1 aromatic carbocycles. The van der Waals surface area contributed by atoms with Crippen LogP contribution < -0.4 is 10.6 Å². The van der Waals surface area contributed by atoms with Crippen molar-refractivity contribution in [2.24, 2.45) is 0 Å². The molecule has 0 aliphatic heterocycles.